The van der Waals surface area contributed by atoms with Crippen LogP contribution in [0.1, 0.15) is 19.8 Å². The normalized spacial score (nSPS) is 11.6. The maximum Gasteiger partial charge on any atom is 0.326 e. The molecule has 1 rings (SSSR count). The van der Waals surface area contributed by atoms with Gasteiger partial charge in [-0.3, -0.25) is 0 Å². The topological polar surface area (TPSA) is 87.7 Å². The highest BCUT2D eigenvalue weighted by atomic mass is 79.9. The molecule has 0 heterocycles. The molecule has 1 aromatic carbocycles. The van der Waals surface area contributed by atoms with E-state index in [1.807, 2.05) is 6.92 Å². The first-order chi connectivity index (χ1) is 9.88. The molecule has 0 aromatic heterocycles. The molecule has 0 saturated heterocycles. The van der Waals surface area contributed by atoms with E-state index in [9.17, 15) is 9.59 Å². The third-order valence-electron chi connectivity index (χ3n) is 2.67. The van der Waals surface area contributed by atoms with Gasteiger partial charge in [-0.25, -0.2) is 9.59 Å². The third kappa shape index (κ3) is 5.20. The van der Waals surface area contributed by atoms with E-state index >= 15 is 0 Å². The lowest BCUT2D eigenvalue weighted by molar-refractivity contribution is -0.139. The molecule has 0 bridgehead atoms. The van der Waals surface area contributed by atoms with Crippen LogP contribution in [0.5, 0.6) is 5.75 Å². The number of urea groups is 1. The first-order valence-corrected chi connectivity index (χ1v) is 7.81. The summed E-state index contributed by atoms with van der Waals surface area (Å²) in [6.07, 6.45) is 1.03. The van der Waals surface area contributed by atoms with Crippen molar-refractivity contribution < 1.29 is 19.4 Å². The van der Waals surface area contributed by atoms with Crippen molar-refractivity contribution in [2.24, 2.45) is 0 Å². The number of carbonyl (C=O) groups is 2. The Morgan fingerprint density at radius 2 is 2.00 bits per heavy atom. The minimum atomic E-state index is -1.06. The van der Waals surface area contributed by atoms with Crippen molar-refractivity contribution >= 4 is 49.5 Å². The highest BCUT2D eigenvalue weighted by molar-refractivity contribution is 9.11. The van der Waals surface area contributed by atoms with Crippen molar-refractivity contribution in [3.63, 3.8) is 0 Å². The number of hydrogen-bond donors (Lipinski definition) is 3. The fourth-order valence-corrected chi connectivity index (χ4v) is 2.90. The Kier molecular flexibility index (Phi) is 6.97. The van der Waals surface area contributed by atoms with Gasteiger partial charge in [0.2, 0.25) is 0 Å². The van der Waals surface area contributed by atoms with Crippen LogP contribution in [0.15, 0.2) is 21.1 Å². The van der Waals surface area contributed by atoms with E-state index in [2.05, 4.69) is 42.5 Å². The Bertz CT molecular complexity index is 537. The summed E-state index contributed by atoms with van der Waals surface area (Å²) in [7, 11) is 1.51. The lowest BCUT2D eigenvalue weighted by atomic mass is 10.2. The van der Waals surface area contributed by atoms with Crippen LogP contribution in [0.2, 0.25) is 0 Å². The van der Waals surface area contributed by atoms with Gasteiger partial charge in [0, 0.05) is 10.5 Å². The van der Waals surface area contributed by atoms with Crippen LogP contribution >= 0.6 is 31.9 Å². The van der Waals surface area contributed by atoms with Crippen molar-refractivity contribution in [1.82, 2.24) is 5.32 Å². The van der Waals surface area contributed by atoms with Gasteiger partial charge in [0.25, 0.3) is 0 Å². The molecule has 21 heavy (non-hydrogen) atoms. The molecular weight excluding hydrogens is 408 g/mol. The second-order valence-corrected chi connectivity index (χ2v) is 5.95. The van der Waals surface area contributed by atoms with Crippen LogP contribution in [0, 0.1) is 0 Å². The second kappa shape index (κ2) is 8.23. The first-order valence-electron chi connectivity index (χ1n) is 6.22. The number of nitrogens with one attached hydrogen (secondary N) is 2. The van der Waals surface area contributed by atoms with E-state index in [-0.39, 0.29) is 0 Å². The summed E-state index contributed by atoms with van der Waals surface area (Å²) in [5.74, 6) is -0.503. The van der Waals surface area contributed by atoms with Gasteiger partial charge in [-0.05, 0) is 44.3 Å². The van der Waals surface area contributed by atoms with Gasteiger partial charge in [-0.15, -0.1) is 0 Å². The Hall–Kier alpha value is -1.28. The van der Waals surface area contributed by atoms with Crippen LogP contribution < -0.4 is 15.4 Å². The van der Waals surface area contributed by atoms with E-state index < -0.39 is 18.0 Å². The first kappa shape index (κ1) is 17.8. The molecule has 0 aliphatic carbocycles. The van der Waals surface area contributed by atoms with E-state index in [0.717, 1.165) is 4.47 Å². The summed E-state index contributed by atoms with van der Waals surface area (Å²) < 4.78 is 6.53. The minimum Gasteiger partial charge on any atom is -0.495 e. The number of benzene rings is 1. The fourth-order valence-electron chi connectivity index (χ4n) is 1.64. The molecule has 0 aliphatic rings. The number of rotatable bonds is 6. The standard InChI is InChI=1S/C13H16Br2N2O4/c1-3-4-9(12(18)19)16-13(20)17-10-6-11(21-2)8(15)5-7(10)14/h5-6,9H,3-4H2,1-2H3,(H,18,19)(H2,16,17,20). The molecule has 1 aromatic rings. The minimum absolute atomic E-state index is 0.369. The average molecular weight is 424 g/mol. The summed E-state index contributed by atoms with van der Waals surface area (Å²) in [6.45, 7) is 1.85. The number of carboxylic acids is 1. The number of amides is 2. The molecule has 3 N–H and O–H groups in total. The molecule has 0 spiro atoms. The van der Waals surface area contributed by atoms with Crippen LogP contribution in [-0.2, 0) is 4.79 Å². The number of hydrogen-bond acceptors (Lipinski definition) is 3. The zero-order valence-corrected chi connectivity index (χ0v) is 14.7. The number of halogens is 2. The Balaban J connectivity index is 2.81. The third-order valence-corrected chi connectivity index (χ3v) is 3.95. The SMILES string of the molecule is CCCC(NC(=O)Nc1cc(OC)c(Br)cc1Br)C(=O)O. The van der Waals surface area contributed by atoms with Gasteiger partial charge in [0.1, 0.15) is 11.8 Å². The quantitative estimate of drug-likeness (QED) is 0.652. The fraction of sp³-hybridized carbons (Fsp3) is 0.385. The number of methoxy groups -OCH3 is 1. The highest BCUT2D eigenvalue weighted by Gasteiger charge is 2.19. The van der Waals surface area contributed by atoms with Crippen molar-refractivity contribution in [2.45, 2.75) is 25.8 Å². The van der Waals surface area contributed by atoms with Crippen molar-refractivity contribution in [2.75, 3.05) is 12.4 Å². The van der Waals surface area contributed by atoms with E-state index in [0.29, 0.717) is 28.8 Å². The maximum absolute atomic E-state index is 11.9. The summed E-state index contributed by atoms with van der Waals surface area (Å²) in [6, 6.07) is 1.87. The molecule has 0 aliphatic heterocycles. The molecule has 0 radical (unpaired) electrons. The van der Waals surface area contributed by atoms with Crippen molar-refractivity contribution in [3.05, 3.63) is 21.1 Å². The molecule has 116 valence electrons. The Morgan fingerprint density at radius 3 is 2.52 bits per heavy atom. The number of aliphatic carboxylic acids is 1. The van der Waals surface area contributed by atoms with Crippen LogP contribution in [-0.4, -0.2) is 30.3 Å². The van der Waals surface area contributed by atoms with Crippen LogP contribution in [0.4, 0.5) is 10.5 Å². The second-order valence-electron chi connectivity index (χ2n) is 4.24. The maximum atomic E-state index is 11.9. The van der Waals surface area contributed by atoms with E-state index in [1.165, 1.54) is 7.11 Å². The molecule has 1 unspecified atom stereocenters. The molecule has 0 saturated carbocycles. The Labute approximate surface area is 139 Å². The lowest BCUT2D eigenvalue weighted by Gasteiger charge is -2.15. The summed E-state index contributed by atoms with van der Waals surface area (Å²) >= 11 is 6.65. The van der Waals surface area contributed by atoms with E-state index in [1.54, 1.807) is 12.1 Å². The van der Waals surface area contributed by atoms with Gasteiger partial charge >= 0.3 is 12.0 Å². The zero-order valence-electron chi connectivity index (χ0n) is 11.6. The van der Waals surface area contributed by atoms with Gasteiger partial charge < -0.3 is 20.5 Å². The number of carbonyl (C=O) groups excluding carboxylic acids is 1. The summed E-state index contributed by atoms with van der Waals surface area (Å²) in [4.78, 5) is 22.9. The van der Waals surface area contributed by atoms with Gasteiger partial charge in [0.15, 0.2) is 0 Å². The van der Waals surface area contributed by atoms with Crippen LogP contribution in [0.3, 0.4) is 0 Å². The molecule has 8 heteroatoms. The van der Waals surface area contributed by atoms with Gasteiger partial charge in [-0.1, -0.05) is 13.3 Å². The summed E-state index contributed by atoms with van der Waals surface area (Å²) in [5.41, 5.74) is 0.480. The van der Waals surface area contributed by atoms with Gasteiger partial charge in [-0.2, -0.15) is 0 Å². The molecule has 6 nitrogen and oxygen atoms in total. The lowest BCUT2D eigenvalue weighted by Crippen LogP contribution is -2.42. The van der Waals surface area contributed by atoms with Crippen molar-refractivity contribution in [3.8, 4) is 5.75 Å². The number of ether oxygens (including phenoxy) is 1. The zero-order chi connectivity index (χ0) is 16.0. The van der Waals surface area contributed by atoms with Crippen LogP contribution in [0.25, 0.3) is 0 Å². The molecule has 0 fully saturated rings. The predicted molar refractivity (Wildman–Crippen MR) is 86.9 cm³/mol. The monoisotopic (exact) mass is 422 g/mol. The smallest absolute Gasteiger partial charge is 0.326 e. The largest absolute Gasteiger partial charge is 0.495 e. The van der Waals surface area contributed by atoms with Crippen molar-refractivity contribution in [1.29, 1.82) is 0 Å². The van der Waals surface area contributed by atoms with E-state index in [4.69, 9.17) is 9.84 Å². The molecule has 1 atom stereocenters. The summed E-state index contributed by atoms with van der Waals surface area (Å²) in [5, 5.41) is 14.0. The average Bonchev–Trinajstić information content (AvgIpc) is 2.41. The predicted octanol–water partition coefficient (Wildman–Crippen LogP) is 3.60. The Morgan fingerprint density at radius 1 is 1.33 bits per heavy atom. The van der Waals surface area contributed by atoms with Gasteiger partial charge in [0.05, 0.1) is 17.3 Å². The highest BCUT2D eigenvalue weighted by Crippen LogP contribution is 2.34. The number of anilines is 1. The number of carboxylic acid groups (broad SMARTS) is 1. The molecular formula is C13H16Br2N2O4. The molecule has 2 amide bonds.